The van der Waals surface area contributed by atoms with Gasteiger partial charge in [0.1, 0.15) is 0 Å². The Morgan fingerprint density at radius 3 is 2.25 bits per heavy atom. The van der Waals surface area contributed by atoms with Crippen molar-refractivity contribution in [2.75, 3.05) is 13.1 Å². The van der Waals surface area contributed by atoms with E-state index in [-0.39, 0.29) is 17.9 Å². The Bertz CT molecular complexity index is 437. The standard InChI is InChI=1S/C14H20N2O.CH2O2/c1-11-3-5-13(6-4-11)14(16-12(2)17)7-9-15-10-8-14;2-1-3/h3-6,15H,7-10H2,1-2H3,(H,16,17);1H,(H,2,3). The monoisotopic (exact) mass is 278 g/mol. The number of hydrogen-bond donors (Lipinski definition) is 3. The summed E-state index contributed by atoms with van der Waals surface area (Å²) in [6, 6.07) is 8.50. The second kappa shape index (κ2) is 7.65. The highest BCUT2D eigenvalue weighted by Crippen LogP contribution is 2.30. The number of aryl methyl sites for hydroxylation is 1. The fraction of sp³-hybridized carbons (Fsp3) is 0.467. The highest BCUT2D eigenvalue weighted by Gasteiger charge is 2.34. The molecule has 1 aliphatic rings. The third-order valence-corrected chi connectivity index (χ3v) is 3.48. The number of carboxylic acid groups (broad SMARTS) is 1. The molecule has 1 amide bonds. The Labute approximate surface area is 119 Å². The summed E-state index contributed by atoms with van der Waals surface area (Å²) in [6.45, 7) is 5.33. The van der Waals surface area contributed by atoms with E-state index in [2.05, 4.69) is 41.8 Å². The Morgan fingerprint density at radius 2 is 1.80 bits per heavy atom. The van der Waals surface area contributed by atoms with Crippen molar-refractivity contribution < 1.29 is 14.7 Å². The lowest BCUT2D eigenvalue weighted by Crippen LogP contribution is -2.51. The van der Waals surface area contributed by atoms with Crippen LogP contribution >= 0.6 is 0 Å². The molecule has 0 aliphatic carbocycles. The van der Waals surface area contributed by atoms with Gasteiger partial charge in [0, 0.05) is 6.92 Å². The normalized spacial score (nSPS) is 16.5. The highest BCUT2D eigenvalue weighted by molar-refractivity contribution is 5.74. The third-order valence-electron chi connectivity index (χ3n) is 3.48. The van der Waals surface area contributed by atoms with Crippen LogP contribution in [-0.4, -0.2) is 30.6 Å². The molecule has 0 saturated carbocycles. The first-order valence-electron chi connectivity index (χ1n) is 6.68. The van der Waals surface area contributed by atoms with Gasteiger partial charge in [-0.25, -0.2) is 0 Å². The number of hydrogen-bond acceptors (Lipinski definition) is 3. The number of amides is 1. The van der Waals surface area contributed by atoms with Gasteiger partial charge in [0.25, 0.3) is 6.47 Å². The van der Waals surface area contributed by atoms with Crippen LogP contribution in [0.15, 0.2) is 24.3 Å². The van der Waals surface area contributed by atoms with Gasteiger partial charge >= 0.3 is 0 Å². The zero-order chi connectivity index (χ0) is 15.0. The minimum absolute atomic E-state index is 0.0486. The molecule has 0 spiro atoms. The van der Waals surface area contributed by atoms with Gasteiger partial charge in [0.15, 0.2) is 0 Å². The molecule has 5 nitrogen and oxygen atoms in total. The molecule has 1 aromatic carbocycles. The highest BCUT2D eigenvalue weighted by atomic mass is 16.3. The second-order valence-electron chi connectivity index (χ2n) is 4.98. The first-order valence-corrected chi connectivity index (χ1v) is 6.68. The van der Waals surface area contributed by atoms with Crippen LogP contribution in [0.3, 0.4) is 0 Å². The molecule has 1 saturated heterocycles. The van der Waals surface area contributed by atoms with Crippen LogP contribution in [0.5, 0.6) is 0 Å². The maximum absolute atomic E-state index is 11.4. The zero-order valence-corrected chi connectivity index (χ0v) is 12.0. The summed E-state index contributed by atoms with van der Waals surface area (Å²) in [5.74, 6) is 0.0486. The molecule has 20 heavy (non-hydrogen) atoms. The van der Waals surface area contributed by atoms with Crippen LogP contribution in [0.4, 0.5) is 0 Å². The van der Waals surface area contributed by atoms with Crippen molar-refractivity contribution in [3.63, 3.8) is 0 Å². The molecular formula is C15H22N2O3. The Morgan fingerprint density at radius 1 is 1.30 bits per heavy atom. The molecule has 1 aliphatic heterocycles. The van der Waals surface area contributed by atoms with E-state index in [9.17, 15) is 4.79 Å². The average Bonchev–Trinajstić information content (AvgIpc) is 2.40. The van der Waals surface area contributed by atoms with Gasteiger partial charge in [0.05, 0.1) is 5.54 Å². The summed E-state index contributed by atoms with van der Waals surface area (Å²) in [5, 5.41) is 13.4. The van der Waals surface area contributed by atoms with Crippen molar-refractivity contribution in [1.82, 2.24) is 10.6 Å². The molecule has 1 aromatic rings. The lowest BCUT2D eigenvalue weighted by Gasteiger charge is -2.38. The van der Waals surface area contributed by atoms with E-state index in [1.807, 2.05) is 0 Å². The van der Waals surface area contributed by atoms with E-state index >= 15 is 0 Å². The molecule has 0 unspecified atom stereocenters. The van der Waals surface area contributed by atoms with Crippen molar-refractivity contribution in [3.05, 3.63) is 35.4 Å². The predicted molar refractivity (Wildman–Crippen MR) is 77.5 cm³/mol. The van der Waals surface area contributed by atoms with Crippen LogP contribution in [0.1, 0.15) is 30.9 Å². The quantitative estimate of drug-likeness (QED) is 0.715. The molecule has 0 bridgehead atoms. The number of benzene rings is 1. The lowest BCUT2D eigenvalue weighted by atomic mass is 9.81. The second-order valence-corrected chi connectivity index (χ2v) is 4.98. The lowest BCUT2D eigenvalue weighted by molar-refractivity contribution is -0.123. The van der Waals surface area contributed by atoms with Crippen LogP contribution < -0.4 is 10.6 Å². The Kier molecular flexibility index (Phi) is 6.18. The molecule has 5 heteroatoms. The van der Waals surface area contributed by atoms with Crippen molar-refractivity contribution in [1.29, 1.82) is 0 Å². The van der Waals surface area contributed by atoms with Gasteiger partial charge in [-0.2, -0.15) is 0 Å². The first-order chi connectivity index (χ1) is 9.54. The van der Waals surface area contributed by atoms with E-state index in [4.69, 9.17) is 9.90 Å². The maximum Gasteiger partial charge on any atom is 0.290 e. The molecule has 0 atom stereocenters. The van der Waals surface area contributed by atoms with Gasteiger partial charge < -0.3 is 15.7 Å². The van der Waals surface area contributed by atoms with Gasteiger partial charge in [-0.05, 0) is 38.4 Å². The smallest absolute Gasteiger partial charge is 0.290 e. The predicted octanol–water partition coefficient (Wildman–Crippen LogP) is 1.41. The molecule has 110 valence electrons. The Balaban J connectivity index is 0.000000612. The maximum atomic E-state index is 11.4. The van der Waals surface area contributed by atoms with Gasteiger partial charge in [-0.3, -0.25) is 9.59 Å². The van der Waals surface area contributed by atoms with Crippen molar-refractivity contribution in [3.8, 4) is 0 Å². The summed E-state index contributed by atoms with van der Waals surface area (Å²) in [5.41, 5.74) is 2.30. The summed E-state index contributed by atoms with van der Waals surface area (Å²) in [6.07, 6.45) is 1.91. The molecule has 3 N–H and O–H groups in total. The minimum atomic E-state index is -0.250. The SMILES string of the molecule is CC(=O)NC1(c2ccc(C)cc2)CCNCC1.O=CO. The van der Waals surface area contributed by atoms with E-state index in [0.29, 0.717) is 0 Å². The van der Waals surface area contributed by atoms with E-state index in [1.165, 1.54) is 11.1 Å². The van der Waals surface area contributed by atoms with Gasteiger partial charge in [0.2, 0.25) is 5.91 Å². The average molecular weight is 278 g/mol. The minimum Gasteiger partial charge on any atom is -0.483 e. The largest absolute Gasteiger partial charge is 0.483 e. The number of carbonyl (C=O) groups is 2. The van der Waals surface area contributed by atoms with Gasteiger partial charge in [-0.15, -0.1) is 0 Å². The molecule has 0 radical (unpaired) electrons. The summed E-state index contributed by atoms with van der Waals surface area (Å²) >= 11 is 0. The fourth-order valence-corrected chi connectivity index (χ4v) is 2.55. The summed E-state index contributed by atoms with van der Waals surface area (Å²) < 4.78 is 0. The van der Waals surface area contributed by atoms with E-state index in [0.717, 1.165) is 25.9 Å². The number of carbonyl (C=O) groups excluding carboxylic acids is 1. The molecular weight excluding hydrogens is 256 g/mol. The van der Waals surface area contributed by atoms with Crippen molar-refractivity contribution >= 4 is 12.4 Å². The van der Waals surface area contributed by atoms with Crippen LogP contribution in [0, 0.1) is 6.92 Å². The first kappa shape index (κ1) is 16.2. The fourth-order valence-electron chi connectivity index (χ4n) is 2.55. The Hall–Kier alpha value is -1.88. The number of rotatable bonds is 2. The van der Waals surface area contributed by atoms with Crippen LogP contribution in [0.2, 0.25) is 0 Å². The topological polar surface area (TPSA) is 78.4 Å². The van der Waals surface area contributed by atoms with Crippen LogP contribution in [-0.2, 0) is 15.1 Å². The van der Waals surface area contributed by atoms with Crippen molar-refractivity contribution in [2.24, 2.45) is 0 Å². The molecule has 1 heterocycles. The third kappa shape index (κ3) is 4.35. The van der Waals surface area contributed by atoms with Crippen molar-refractivity contribution in [2.45, 2.75) is 32.2 Å². The zero-order valence-electron chi connectivity index (χ0n) is 12.0. The molecule has 1 fully saturated rings. The van der Waals surface area contributed by atoms with Gasteiger partial charge in [-0.1, -0.05) is 29.8 Å². The summed E-state index contributed by atoms with van der Waals surface area (Å²) in [4.78, 5) is 19.8. The number of piperidine rings is 1. The van der Waals surface area contributed by atoms with Crippen LogP contribution in [0.25, 0.3) is 0 Å². The van der Waals surface area contributed by atoms with E-state index in [1.54, 1.807) is 6.92 Å². The summed E-state index contributed by atoms with van der Waals surface area (Å²) in [7, 11) is 0. The molecule has 0 aromatic heterocycles. The van der Waals surface area contributed by atoms with E-state index < -0.39 is 0 Å². The number of nitrogens with one attached hydrogen (secondary N) is 2. The molecule has 2 rings (SSSR count).